The van der Waals surface area contributed by atoms with Crippen LogP contribution < -0.4 is 11.1 Å². The van der Waals surface area contributed by atoms with Gasteiger partial charge in [0.15, 0.2) is 0 Å². The summed E-state index contributed by atoms with van der Waals surface area (Å²) in [5.74, 6) is 0.903. The van der Waals surface area contributed by atoms with Crippen molar-refractivity contribution in [3.05, 3.63) is 112 Å². The molecular formula is C32H40Cl2OTi. The molecule has 0 bridgehead atoms. The molecule has 0 N–H and O–H groups in total. The summed E-state index contributed by atoms with van der Waals surface area (Å²) < 4.78 is 11.3. The van der Waals surface area contributed by atoms with Crippen LogP contribution in [0, 0.1) is 5.41 Å². The van der Waals surface area contributed by atoms with Crippen LogP contribution in [0.25, 0.3) is 0 Å². The molecule has 0 heterocycles. The monoisotopic (exact) mass is 558 g/mol. The zero-order valence-electron chi connectivity index (χ0n) is 22.4. The zero-order valence-corrected chi connectivity index (χ0v) is 25.6. The van der Waals surface area contributed by atoms with Gasteiger partial charge in [0.05, 0.1) is 0 Å². The van der Waals surface area contributed by atoms with Crippen LogP contribution in [0.15, 0.2) is 107 Å². The topological polar surface area (TPSA) is 9.23 Å². The summed E-state index contributed by atoms with van der Waals surface area (Å²) in [5.41, 5.74) is 2.65. The number of hydrogen-bond donors (Lipinski definition) is 0. The van der Waals surface area contributed by atoms with E-state index < -0.39 is 15.2 Å². The van der Waals surface area contributed by atoms with Gasteiger partial charge < -0.3 is 0 Å². The Hall–Kier alpha value is -1.90. The number of hydrogen-bond acceptors (Lipinski definition) is 1. The van der Waals surface area contributed by atoms with Gasteiger partial charge in [0.1, 0.15) is 0 Å². The summed E-state index contributed by atoms with van der Waals surface area (Å²) in [6.07, 6.45) is 5.48. The molecule has 36 heavy (non-hydrogen) atoms. The van der Waals surface area contributed by atoms with E-state index in [2.05, 4.69) is 139 Å². The number of allylic oxidation sites excluding steroid dienone is 4. The van der Waals surface area contributed by atoms with E-state index in [0.29, 0.717) is 0 Å². The van der Waals surface area contributed by atoms with Crippen LogP contribution in [0.2, 0.25) is 0 Å². The third kappa shape index (κ3) is 5.36. The molecule has 0 spiro atoms. The van der Waals surface area contributed by atoms with Gasteiger partial charge in [0, 0.05) is 0 Å². The van der Waals surface area contributed by atoms with Crippen molar-refractivity contribution >= 4 is 37.4 Å². The van der Waals surface area contributed by atoms with Crippen molar-refractivity contribution in [2.24, 2.45) is 5.41 Å². The van der Waals surface area contributed by atoms with Crippen molar-refractivity contribution in [1.82, 2.24) is 0 Å². The van der Waals surface area contributed by atoms with Gasteiger partial charge in [-0.15, -0.1) is 24.8 Å². The van der Waals surface area contributed by atoms with Gasteiger partial charge in [-0.2, -0.15) is 0 Å². The molecular weight excluding hydrogens is 519 g/mol. The molecule has 1 aliphatic rings. The van der Waals surface area contributed by atoms with Crippen molar-refractivity contribution < 1.29 is 18.5 Å². The van der Waals surface area contributed by atoms with Gasteiger partial charge in [0.2, 0.25) is 0 Å². The molecule has 0 saturated heterocycles. The molecule has 0 aromatic heterocycles. The summed E-state index contributed by atoms with van der Waals surface area (Å²) in [7, 11) is 0. The second-order valence-corrected chi connectivity index (χ2v) is 19.0. The minimum atomic E-state index is -4.54. The Morgan fingerprint density at radius 1 is 0.694 bits per heavy atom. The van der Waals surface area contributed by atoms with E-state index in [1.807, 2.05) is 0 Å². The third-order valence-corrected chi connectivity index (χ3v) is 15.8. The summed E-state index contributed by atoms with van der Waals surface area (Å²) in [6, 6.07) is 30.2. The molecule has 0 atom stereocenters. The van der Waals surface area contributed by atoms with E-state index in [-0.39, 0.29) is 35.6 Å². The van der Waals surface area contributed by atoms with E-state index in [4.69, 9.17) is 8.14 Å². The summed E-state index contributed by atoms with van der Waals surface area (Å²) in [5, 5.41) is 0. The molecule has 0 amide bonds. The van der Waals surface area contributed by atoms with E-state index in [1.54, 1.807) is 0 Å². The van der Waals surface area contributed by atoms with Crippen LogP contribution in [0.4, 0.5) is 0 Å². The van der Waals surface area contributed by atoms with Crippen LogP contribution in [0.3, 0.4) is 0 Å². The van der Waals surface area contributed by atoms with Crippen molar-refractivity contribution in [3.63, 3.8) is 0 Å². The first-order valence-corrected chi connectivity index (χ1v) is 16.4. The number of halogens is 2. The van der Waals surface area contributed by atoms with E-state index in [1.165, 1.54) is 22.8 Å². The van der Waals surface area contributed by atoms with Crippen molar-refractivity contribution in [1.29, 1.82) is 0 Å². The summed E-state index contributed by atoms with van der Waals surface area (Å²) in [6.45, 7) is 13.6. The van der Waals surface area contributed by atoms with Crippen molar-refractivity contribution in [3.8, 4) is 5.75 Å². The maximum atomic E-state index is 7.49. The molecule has 0 fully saturated rings. The first kappa shape index (κ1) is 30.3. The van der Waals surface area contributed by atoms with E-state index >= 15 is 0 Å². The fraction of sp³-hybridized carbons (Fsp3) is 0.281. The van der Waals surface area contributed by atoms with Gasteiger partial charge in [-0.3, -0.25) is 0 Å². The van der Waals surface area contributed by atoms with Gasteiger partial charge in [-0.1, -0.05) is 0 Å². The second-order valence-electron chi connectivity index (χ2n) is 11.7. The van der Waals surface area contributed by atoms with Gasteiger partial charge in [-0.05, 0) is 0 Å². The average Bonchev–Trinajstić information content (AvgIpc) is 3.32. The normalized spacial score (nSPS) is 14.2. The molecule has 0 aliphatic heterocycles. The van der Waals surface area contributed by atoms with E-state index in [0.717, 1.165) is 12.2 Å². The minimum absolute atomic E-state index is 0. The molecule has 3 aromatic rings. The quantitative estimate of drug-likeness (QED) is 0.287. The predicted octanol–water partition coefficient (Wildman–Crippen LogP) is 8.15. The molecule has 192 valence electrons. The molecule has 4 heteroatoms. The van der Waals surface area contributed by atoms with Gasteiger partial charge in [-0.25, -0.2) is 0 Å². The summed E-state index contributed by atoms with van der Waals surface area (Å²) in [4.78, 5) is 5.25. The molecule has 0 saturated carbocycles. The van der Waals surface area contributed by atoms with Crippen molar-refractivity contribution in [2.75, 3.05) is 0 Å². The van der Waals surface area contributed by atoms with Crippen LogP contribution in [-0.2, 0) is 20.6 Å². The Balaban J connectivity index is 0.00000228. The molecule has 1 nitrogen and oxygen atoms in total. The van der Waals surface area contributed by atoms with Crippen LogP contribution in [0.5, 0.6) is 5.75 Å². The molecule has 4 rings (SSSR count). The zero-order chi connectivity index (χ0) is 24.6. The van der Waals surface area contributed by atoms with Gasteiger partial charge >= 0.3 is 208 Å². The third-order valence-electron chi connectivity index (χ3n) is 7.19. The van der Waals surface area contributed by atoms with E-state index in [9.17, 15) is 0 Å². The first-order chi connectivity index (χ1) is 15.9. The fourth-order valence-corrected chi connectivity index (χ4v) is 13.7. The van der Waals surface area contributed by atoms with Crippen LogP contribution in [-0.4, -0.2) is 4.82 Å². The maximum absolute atomic E-state index is 7.49. The van der Waals surface area contributed by atoms with Gasteiger partial charge in [0.25, 0.3) is 0 Å². The Labute approximate surface area is 231 Å². The summed E-state index contributed by atoms with van der Waals surface area (Å²) >= 11 is -4.54. The predicted molar refractivity (Wildman–Crippen MR) is 160 cm³/mol. The Morgan fingerprint density at radius 3 is 1.69 bits per heavy atom. The Kier molecular flexibility index (Phi) is 9.13. The van der Waals surface area contributed by atoms with Crippen molar-refractivity contribution in [2.45, 2.75) is 53.4 Å². The Bertz CT molecular complexity index is 1260. The average molecular weight is 559 g/mol. The second kappa shape index (κ2) is 10.8. The number of rotatable bonds is 5. The first-order valence-electron chi connectivity index (χ1n) is 12.3. The standard InChI is InChI=1S/C10H14O.C9H13.2C6H5.CH2.2ClH.Ti/c1-10(2,3)8-5-4-6-9(11)7-8;1-9(2,3)8-6-4-5-7-8;2*1-2-4-6-5-3-1;;;;/h4-7,11H,1-3H3;4,6H,5H2,1-3H3;2*1-5H;1H2;2*1H;/q;;;;;;;+1/p-1. The van der Waals surface area contributed by atoms with Crippen LogP contribution in [0.1, 0.15) is 53.5 Å². The molecule has 0 unspecified atom stereocenters. The number of benzene rings is 3. The molecule has 3 aromatic carbocycles. The SMILES string of the molecule is Cl.Cl.[CH2]=[Ti]([O]c1cccc(C(C)(C)C)c1)([C]1=C(C(C)(C)C)C=CC1)([c]1ccccc1)[c]1ccccc1. The Morgan fingerprint density at radius 2 is 1.22 bits per heavy atom. The van der Waals surface area contributed by atoms with Crippen LogP contribution >= 0.6 is 24.8 Å². The molecule has 0 radical (unpaired) electrons. The fourth-order valence-electron chi connectivity index (χ4n) is 5.27. The molecule has 1 aliphatic carbocycles.